The van der Waals surface area contributed by atoms with Crippen LogP contribution in [0, 0.1) is 11.3 Å². The number of nitrogens with zero attached hydrogens (tertiary/aromatic N) is 1. The van der Waals surface area contributed by atoms with E-state index >= 15 is 0 Å². The van der Waals surface area contributed by atoms with Crippen molar-refractivity contribution in [3.63, 3.8) is 0 Å². The van der Waals surface area contributed by atoms with Gasteiger partial charge in [-0.2, -0.15) is 5.26 Å². The van der Waals surface area contributed by atoms with E-state index in [1.165, 1.54) is 43.2 Å². The predicted octanol–water partition coefficient (Wildman–Crippen LogP) is 3.67. The summed E-state index contributed by atoms with van der Waals surface area (Å²) in [6, 6.07) is 9.27. The average Bonchev–Trinajstić information content (AvgIpc) is 2.55. The molecule has 3 rings (SSSR count). The molecule has 1 unspecified atom stereocenters. The summed E-state index contributed by atoms with van der Waals surface area (Å²) in [5.74, 6) is 0.889. The molecule has 21 heavy (non-hydrogen) atoms. The molecule has 1 saturated carbocycles. The first-order valence-corrected chi connectivity index (χ1v) is 8.14. The molecule has 1 aromatic rings. The van der Waals surface area contributed by atoms with Gasteiger partial charge in [0.05, 0.1) is 13.2 Å². The molecule has 0 heterocycles. The smallest absolute Gasteiger partial charge is 0.132 e. The van der Waals surface area contributed by atoms with Gasteiger partial charge in [-0.15, -0.1) is 0 Å². The van der Waals surface area contributed by atoms with Crippen molar-refractivity contribution < 1.29 is 4.74 Å². The number of aryl methyl sites for hydroxylation is 1. The zero-order valence-electron chi connectivity index (χ0n) is 12.8. The molecule has 0 amide bonds. The summed E-state index contributed by atoms with van der Waals surface area (Å²) in [5.41, 5.74) is 1.94. The predicted molar refractivity (Wildman–Crippen MR) is 83.2 cm³/mol. The molecule has 0 aromatic heterocycles. The van der Waals surface area contributed by atoms with Crippen LogP contribution in [0.2, 0.25) is 0 Å². The third kappa shape index (κ3) is 2.78. The van der Waals surface area contributed by atoms with Crippen LogP contribution >= 0.6 is 0 Å². The fourth-order valence-electron chi connectivity index (χ4n) is 3.89. The van der Waals surface area contributed by atoms with Gasteiger partial charge < -0.3 is 4.74 Å². The van der Waals surface area contributed by atoms with Crippen LogP contribution in [0.3, 0.4) is 0 Å². The van der Waals surface area contributed by atoms with E-state index in [0.29, 0.717) is 6.04 Å². The van der Waals surface area contributed by atoms with Gasteiger partial charge in [-0.25, -0.2) is 0 Å². The SMILES string of the molecule is COc1ccc2c(c1)CCCC2(C#N)NC1CCCCC1. The first-order valence-electron chi connectivity index (χ1n) is 8.14. The number of nitriles is 1. The minimum absolute atomic E-state index is 0.492. The molecule has 0 saturated heterocycles. The van der Waals surface area contributed by atoms with Gasteiger partial charge in [0.2, 0.25) is 0 Å². The highest BCUT2D eigenvalue weighted by Gasteiger charge is 2.38. The van der Waals surface area contributed by atoms with Crippen LogP contribution in [-0.4, -0.2) is 13.2 Å². The van der Waals surface area contributed by atoms with Crippen molar-refractivity contribution in [2.75, 3.05) is 7.11 Å². The zero-order chi connectivity index (χ0) is 14.7. The molecule has 2 aliphatic carbocycles. The molecule has 112 valence electrons. The lowest BCUT2D eigenvalue weighted by atomic mass is 9.76. The Bertz CT molecular complexity index is 543. The van der Waals surface area contributed by atoms with E-state index in [1.807, 2.05) is 6.07 Å². The lowest BCUT2D eigenvalue weighted by Gasteiger charge is -2.38. The number of ether oxygens (including phenoxy) is 1. The fraction of sp³-hybridized carbons (Fsp3) is 0.611. The van der Waals surface area contributed by atoms with Crippen molar-refractivity contribution in [3.8, 4) is 11.8 Å². The second kappa shape index (κ2) is 6.07. The molecule has 0 aliphatic heterocycles. The Morgan fingerprint density at radius 1 is 1.24 bits per heavy atom. The number of methoxy groups -OCH3 is 1. The zero-order valence-corrected chi connectivity index (χ0v) is 12.8. The molecule has 1 fully saturated rings. The average molecular weight is 284 g/mol. The summed E-state index contributed by atoms with van der Waals surface area (Å²) >= 11 is 0. The third-order valence-electron chi connectivity index (χ3n) is 5.02. The minimum Gasteiger partial charge on any atom is -0.497 e. The lowest BCUT2D eigenvalue weighted by molar-refractivity contribution is 0.272. The van der Waals surface area contributed by atoms with Crippen molar-refractivity contribution >= 4 is 0 Å². The van der Waals surface area contributed by atoms with Gasteiger partial charge in [0.1, 0.15) is 11.3 Å². The molecule has 2 aliphatic rings. The Morgan fingerprint density at radius 2 is 2.05 bits per heavy atom. The highest BCUT2D eigenvalue weighted by molar-refractivity contribution is 5.45. The Balaban J connectivity index is 1.91. The highest BCUT2D eigenvalue weighted by Crippen LogP contribution is 2.38. The van der Waals surface area contributed by atoms with E-state index in [9.17, 15) is 5.26 Å². The van der Waals surface area contributed by atoms with E-state index in [2.05, 4.69) is 23.5 Å². The topological polar surface area (TPSA) is 45.0 Å². The molecule has 0 spiro atoms. The lowest BCUT2D eigenvalue weighted by Crippen LogP contribution is -2.49. The van der Waals surface area contributed by atoms with Crippen LogP contribution in [0.1, 0.15) is 56.1 Å². The van der Waals surface area contributed by atoms with Crippen molar-refractivity contribution in [1.82, 2.24) is 5.32 Å². The van der Waals surface area contributed by atoms with Gasteiger partial charge in [0, 0.05) is 6.04 Å². The Morgan fingerprint density at radius 3 is 2.76 bits per heavy atom. The maximum atomic E-state index is 9.90. The second-order valence-electron chi connectivity index (χ2n) is 6.37. The quantitative estimate of drug-likeness (QED) is 0.921. The van der Waals surface area contributed by atoms with Crippen molar-refractivity contribution in [3.05, 3.63) is 29.3 Å². The second-order valence-corrected chi connectivity index (χ2v) is 6.37. The number of rotatable bonds is 3. The minimum atomic E-state index is -0.498. The van der Waals surface area contributed by atoms with Crippen LogP contribution in [0.5, 0.6) is 5.75 Å². The van der Waals surface area contributed by atoms with Crippen LogP contribution < -0.4 is 10.1 Å². The Hall–Kier alpha value is -1.53. The number of hydrogen-bond acceptors (Lipinski definition) is 3. The van der Waals surface area contributed by atoms with Crippen LogP contribution in [-0.2, 0) is 12.0 Å². The van der Waals surface area contributed by atoms with E-state index in [1.54, 1.807) is 7.11 Å². The molecule has 0 bridgehead atoms. The van der Waals surface area contributed by atoms with Gasteiger partial charge in [-0.05, 0) is 55.4 Å². The van der Waals surface area contributed by atoms with Crippen molar-refractivity contribution in [2.24, 2.45) is 0 Å². The first-order chi connectivity index (χ1) is 10.3. The fourth-order valence-corrected chi connectivity index (χ4v) is 3.89. The molecule has 1 N–H and O–H groups in total. The van der Waals surface area contributed by atoms with E-state index in [4.69, 9.17) is 4.74 Å². The maximum absolute atomic E-state index is 9.90. The summed E-state index contributed by atoms with van der Waals surface area (Å²) in [7, 11) is 1.70. The summed E-state index contributed by atoms with van der Waals surface area (Å²) < 4.78 is 5.33. The number of fused-ring (bicyclic) bond motifs is 1. The Kier molecular flexibility index (Phi) is 4.17. The molecule has 0 radical (unpaired) electrons. The molecular formula is C18H24N2O. The summed E-state index contributed by atoms with van der Waals surface area (Å²) in [6.45, 7) is 0. The highest BCUT2D eigenvalue weighted by atomic mass is 16.5. The molecule has 3 heteroatoms. The summed E-state index contributed by atoms with van der Waals surface area (Å²) in [4.78, 5) is 0. The molecule has 1 atom stereocenters. The first kappa shape index (κ1) is 14.4. The van der Waals surface area contributed by atoms with Gasteiger partial charge in [0.25, 0.3) is 0 Å². The van der Waals surface area contributed by atoms with Crippen molar-refractivity contribution in [1.29, 1.82) is 5.26 Å². The van der Waals surface area contributed by atoms with E-state index < -0.39 is 5.54 Å². The summed E-state index contributed by atoms with van der Waals surface area (Å²) in [6.07, 6.45) is 9.34. The summed E-state index contributed by atoms with van der Waals surface area (Å²) in [5, 5.41) is 13.6. The Labute approximate surface area is 127 Å². The van der Waals surface area contributed by atoms with Crippen LogP contribution in [0.15, 0.2) is 18.2 Å². The van der Waals surface area contributed by atoms with Crippen molar-refractivity contribution in [2.45, 2.75) is 62.9 Å². The van der Waals surface area contributed by atoms with E-state index in [0.717, 1.165) is 25.0 Å². The van der Waals surface area contributed by atoms with Gasteiger partial charge in [0.15, 0.2) is 0 Å². The van der Waals surface area contributed by atoms with Crippen LogP contribution in [0.4, 0.5) is 0 Å². The molecule has 3 nitrogen and oxygen atoms in total. The van der Waals surface area contributed by atoms with Gasteiger partial charge in [-0.1, -0.05) is 25.3 Å². The standard InChI is InChI=1S/C18H24N2O/c1-21-16-9-10-17-14(12-16)6-5-11-18(17,13-19)20-15-7-3-2-4-8-15/h9-10,12,15,20H,2-8,11H2,1H3. The number of hydrogen-bond donors (Lipinski definition) is 1. The third-order valence-corrected chi connectivity index (χ3v) is 5.02. The van der Waals surface area contributed by atoms with E-state index in [-0.39, 0.29) is 0 Å². The molecule has 1 aromatic carbocycles. The normalized spacial score (nSPS) is 25.9. The number of nitrogens with one attached hydrogen (secondary N) is 1. The number of benzene rings is 1. The largest absolute Gasteiger partial charge is 0.497 e. The van der Waals surface area contributed by atoms with Gasteiger partial charge >= 0.3 is 0 Å². The maximum Gasteiger partial charge on any atom is 0.132 e. The van der Waals surface area contributed by atoms with Gasteiger partial charge in [-0.3, -0.25) is 5.32 Å². The van der Waals surface area contributed by atoms with Crippen LogP contribution in [0.25, 0.3) is 0 Å². The molecular weight excluding hydrogens is 260 g/mol. The monoisotopic (exact) mass is 284 g/mol.